The van der Waals surface area contributed by atoms with Gasteiger partial charge >= 0.3 is 11.9 Å². The molecule has 2 N–H and O–H groups in total. The largest absolute Gasteiger partial charge is 0.496 e. The van der Waals surface area contributed by atoms with E-state index in [9.17, 15) is 14.0 Å². The molecule has 0 radical (unpaired) electrons. The van der Waals surface area contributed by atoms with Crippen LogP contribution in [0.25, 0.3) is 0 Å². The van der Waals surface area contributed by atoms with E-state index < -0.39 is 29.4 Å². The average Bonchev–Trinajstić information content (AvgIpc) is 2.47. The van der Waals surface area contributed by atoms with Gasteiger partial charge in [-0.2, -0.15) is 0 Å². The minimum Gasteiger partial charge on any atom is -0.496 e. The van der Waals surface area contributed by atoms with Gasteiger partial charge in [-0.3, -0.25) is 4.79 Å². The number of esters is 2. The normalized spacial score (nSPS) is 12.5. The van der Waals surface area contributed by atoms with Crippen LogP contribution in [0, 0.1) is 9.39 Å². The molecule has 0 aromatic heterocycles. The molecule has 1 rings (SSSR count). The zero-order valence-electron chi connectivity index (χ0n) is 14.2. The highest BCUT2D eigenvalue weighted by atomic mass is 127. The number of rotatable bonds is 5. The lowest BCUT2D eigenvalue weighted by Gasteiger charge is -2.23. The summed E-state index contributed by atoms with van der Waals surface area (Å²) < 4.78 is 29.3. The van der Waals surface area contributed by atoms with E-state index in [0.717, 1.165) is 0 Å². The van der Waals surface area contributed by atoms with Crippen molar-refractivity contribution in [1.82, 2.24) is 0 Å². The first-order valence-electron chi connectivity index (χ1n) is 7.13. The molecule has 0 heterocycles. The maximum absolute atomic E-state index is 14.1. The number of nitrogens with two attached hydrogens (primary N) is 1. The Morgan fingerprint density at radius 2 is 1.92 bits per heavy atom. The molecule has 0 saturated heterocycles. The molecule has 1 unspecified atom stereocenters. The Morgan fingerprint density at radius 3 is 2.38 bits per heavy atom. The Labute approximate surface area is 154 Å². The van der Waals surface area contributed by atoms with E-state index in [2.05, 4.69) is 4.74 Å². The first-order valence-corrected chi connectivity index (χ1v) is 8.21. The van der Waals surface area contributed by atoms with E-state index in [1.165, 1.54) is 20.3 Å². The van der Waals surface area contributed by atoms with Gasteiger partial charge in [0, 0.05) is 12.0 Å². The second-order valence-electron chi connectivity index (χ2n) is 6.08. The topological polar surface area (TPSA) is 87.9 Å². The van der Waals surface area contributed by atoms with Gasteiger partial charge in [-0.1, -0.05) is 0 Å². The van der Waals surface area contributed by atoms with Crippen LogP contribution in [0.4, 0.5) is 4.39 Å². The van der Waals surface area contributed by atoms with Gasteiger partial charge in [0.05, 0.1) is 17.8 Å². The first-order chi connectivity index (χ1) is 11.0. The van der Waals surface area contributed by atoms with E-state index in [1.54, 1.807) is 43.4 Å². The summed E-state index contributed by atoms with van der Waals surface area (Å²) in [5.41, 5.74) is 5.42. The third-order valence-electron chi connectivity index (χ3n) is 2.99. The van der Waals surface area contributed by atoms with Crippen molar-refractivity contribution in [3.05, 3.63) is 26.6 Å². The summed E-state index contributed by atoms with van der Waals surface area (Å²) in [6.07, 6.45) is -0.0457. The number of halogens is 2. The molecule has 1 aromatic carbocycles. The third kappa shape index (κ3) is 5.04. The summed E-state index contributed by atoms with van der Waals surface area (Å²) in [5.74, 6) is -1.85. The third-order valence-corrected chi connectivity index (χ3v) is 4.05. The van der Waals surface area contributed by atoms with Crippen LogP contribution in [0.3, 0.4) is 0 Å². The molecule has 0 aliphatic rings. The Bertz CT molecular complexity index is 642. The molecule has 24 heavy (non-hydrogen) atoms. The molecule has 134 valence electrons. The maximum Gasteiger partial charge on any atom is 0.342 e. The van der Waals surface area contributed by atoms with Crippen LogP contribution in [-0.2, 0) is 20.7 Å². The fourth-order valence-corrected chi connectivity index (χ4v) is 2.65. The van der Waals surface area contributed by atoms with Crippen molar-refractivity contribution in [2.75, 3.05) is 14.2 Å². The predicted molar refractivity (Wildman–Crippen MR) is 94.5 cm³/mol. The standard InChI is InChI=1S/C16H21FINO5/c1-16(2,3)24-14(20)10(19)7-8-6-9(17)12(18)11(13(8)22-4)15(21)23-5/h6,10H,7,19H2,1-5H3. The van der Waals surface area contributed by atoms with E-state index in [-0.39, 0.29) is 26.9 Å². The lowest BCUT2D eigenvalue weighted by molar-refractivity contribution is -0.156. The van der Waals surface area contributed by atoms with E-state index in [1.807, 2.05) is 0 Å². The number of benzene rings is 1. The van der Waals surface area contributed by atoms with Crippen molar-refractivity contribution in [3.63, 3.8) is 0 Å². The van der Waals surface area contributed by atoms with Gasteiger partial charge in [-0.15, -0.1) is 0 Å². The van der Waals surface area contributed by atoms with Crippen molar-refractivity contribution in [2.24, 2.45) is 5.73 Å². The monoisotopic (exact) mass is 453 g/mol. The average molecular weight is 453 g/mol. The van der Waals surface area contributed by atoms with Crippen molar-refractivity contribution in [1.29, 1.82) is 0 Å². The summed E-state index contributed by atoms with van der Waals surface area (Å²) in [7, 11) is 2.53. The fraction of sp³-hybridized carbons (Fsp3) is 0.500. The summed E-state index contributed by atoms with van der Waals surface area (Å²) in [6.45, 7) is 5.16. The first kappa shape index (κ1) is 20.6. The number of ether oxygens (including phenoxy) is 3. The molecular weight excluding hydrogens is 432 g/mol. The highest BCUT2D eigenvalue weighted by Crippen LogP contribution is 2.32. The van der Waals surface area contributed by atoms with Crippen molar-refractivity contribution in [2.45, 2.75) is 38.8 Å². The number of methoxy groups -OCH3 is 2. The van der Waals surface area contributed by atoms with Crippen LogP contribution in [0.2, 0.25) is 0 Å². The molecule has 0 amide bonds. The molecule has 8 heteroatoms. The molecule has 0 aliphatic heterocycles. The summed E-state index contributed by atoms with van der Waals surface area (Å²) in [4.78, 5) is 23.9. The second kappa shape index (κ2) is 8.11. The lowest BCUT2D eigenvalue weighted by atomic mass is 10.0. The van der Waals surface area contributed by atoms with Gasteiger partial charge < -0.3 is 19.9 Å². The predicted octanol–water partition coefficient (Wildman–Crippen LogP) is 2.44. The Kier molecular flexibility index (Phi) is 6.97. The number of hydrogen-bond acceptors (Lipinski definition) is 6. The van der Waals surface area contributed by atoms with Crippen molar-refractivity contribution >= 4 is 34.5 Å². The quantitative estimate of drug-likeness (QED) is 0.545. The van der Waals surface area contributed by atoms with Crippen LogP contribution in [0.15, 0.2) is 6.07 Å². The van der Waals surface area contributed by atoms with E-state index >= 15 is 0 Å². The van der Waals surface area contributed by atoms with Gasteiger partial charge in [0.15, 0.2) is 0 Å². The van der Waals surface area contributed by atoms with Crippen LogP contribution < -0.4 is 10.5 Å². The highest BCUT2D eigenvalue weighted by molar-refractivity contribution is 14.1. The molecule has 0 saturated carbocycles. The minimum atomic E-state index is -1.02. The number of hydrogen-bond donors (Lipinski definition) is 1. The van der Waals surface area contributed by atoms with Crippen LogP contribution in [0.1, 0.15) is 36.7 Å². The van der Waals surface area contributed by atoms with Gasteiger partial charge in [0.25, 0.3) is 0 Å². The Morgan fingerprint density at radius 1 is 1.33 bits per heavy atom. The second-order valence-corrected chi connectivity index (χ2v) is 7.15. The summed E-state index contributed by atoms with van der Waals surface area (Å²) in [6, 6.07) is 0.167. The van der Waals surface area contributed by atoms with E-state index in [0.29, 0.717) is 0 Å². The summed E-state index contributed by atoms with van der Waals surface area (Å²) >= 11 is 1.70. The van der Waals surface area contributed by atoms with Gasteiger partial charge in [-0.05, 0) is 49.4 Å². The highest BCUT2D eigenvalue weighted by Gasteiger charge is 2.28. The Hall–Kier alpha value is -1.42. The van der Waals surface area contributed by atoms with Gasteiger partial charge in [0.1, 0.15) is 28.8 Å². The number of carbonyl (C=O) groups is 2. The molecule has 0 fully saturated rings. The zero-order valence-corrected chi connectivity index (χ0v) is 16.4. The molecule has 6 nitrogen and oxygen atoms in total. The Balaban J connectivity index is 3.23. The maximum atomic E-state index is 14.1. The molecule has 0 bridgehead atoms. The minimum absolute atomic E-state index is 0.0352. The number of carbonyl (C=O) groups excluding carboxylic acids is 2. The SMILES string of the molecule is COC(=O)c1c(I)c(F)cc(CC(N)C(=O)OC(C)(C)C)c1OC. The lowest BCUT2D eigenvalue weighted by Crippen LogP contribution is -2.39. The van der Waals surface area contributed by atoms with Crippen molar-refractivity contribution < 1.29 is 28.2 Å². The van der Waals surface area contributed by atoms with Gasteiger partial charge in [-0.25, -0.2) is 9.18 Å². The van der Waals surface area contributed by atoms with Gasteiger partial charge in [0.2, 0.25) is 0 Å². The van der Waals surface area contributed by atoms with Crippen LogP contribution >= 0.6 is 22.6 Å². The smallest absolute Gasteiger partial charge is 0.342 e. The zero-order chi connectivity index (χ0) is 18.7. The fourth-order valence-electron chi connectivity index (χ4n) is 2.03. The molecule has 0 spiro atoms. The van der Waals surface area contributed by atoms with Crippen LogP contribution in [-0.4, -0.2) is 37.8 Å². The molecule has 1 atom stereocenters. The summed E-state index contributed by atoms with van der Waals surface area (Å²) in [5, 5.41) is 0. The van der Waals surface area contributed by atoms with Crippen LogP contribution in [0.5, 0.6) is 5.75 Å². The van der Waals surface area contributed by atoms with E-state index in [4.69, 9.17) is 15.2 Å². The molecule has 1 aromatic rings. The molecule has 0 aliphatic carbocycles. The molecular formula is C16H21FINO5. The van der Waals surface area contributed by atoms with Crippen molar-refractivity contribution in [3.8, 4) is 5.75 Å².